The van der Waals surface area contributed by atoms with Crippen LogP contribution in [0.25, 0.3) is 0 Å². The summed E-state index contributed by atoms with van der Waals surface area (Å²) in [6.07, 6.45) is 5.95. The molecule has 1 aromatic heterocycles. The lowest BCUT2D eigenvalue weighted by molar-refractivity contribution is -0.123. The molecule has 0 saturated heterocycles. The van der Waals surface area contributed by atoms with E-state index in [1.807, 2.05) is 25.4 Å². The highest BCUT2D eigenvalue weighted by Gasteiger charge is 2.20. The largest absolute Gasteiger partial charge is 0.493 e. The van der Waals surface area contributed by atoms with Crippen LogP contribution in [-0.4, -0.2) is 37.0 Å². The van der Waals surface area contributed by atoms with Crippen LogP contribution >= 0.6 is 12.4 Å². The molecule has 1 amide bonds. The summed E-state index contributed by atoms with van der Waals surface area (Å²) in [7, 11) is 6.77. The van der Waals surface area contributed by atoms with Crippen molar-refractivity contribution < 1.29 is 14.3 Å². The first-order valence-electron chi connectivity index (χ1n) is 8.32. The third kappa shape index (κ3) is 5.48. The third-order valence-electron chi connectivity index (χ3n) is 4.06. The highest BCUT2D eigenvalue weighted by molar-refractivity contribution is 5.85. The van der Waals surface area contributed by atoms with Gasteiger partial charge in [-0.2, -0.15) is 5.10 Å². The van der Waals surface area contributed by atoms with Gasteiger partial charge in [0.05, 0.1) is 20.4 Å². The fourth-order valence-corrected chi connectivity index (χ4v) is 2.85. The number of nitrogens with one attached hydrogen (secondary N) is 2. The smallest absolute Gasteiger partial charge is 0.242 e. The minimum absolute atomic E-state index is 0. The Balaban J connectivity index is 0.00000364. The van der Waals surface area contributed by atoms with Crippen molar-refractivity contribution in [2.75, 3.05) is 21.3 Å². The number of carbonyl (C=O) groups excluding carboxylic acids is 1. The Morgan fingerprint density at radius 1 is 1.37 bits per heavy atom. The molecule has 0 saturated carbocycles. The summed E-state index contributed by atoms with van der Waals surface area (Å²) in [6.45, 7) is 4.16. The van der Waals surface area contributed by atoms with Crippen LogP contribution in [0.5, 0.6) is 11.5 Å². The number of methoxy groups -OCH3 is 2. The maximum Gasteiger partial charge on any atom is 0.242 e. The molecule has 0 spiro atoms. The lowest BCUT2D eigenvalue weighted by Crippen LogP contribution is -2.35. The maximum absolute atomic E-state index is 12.6. The minimum Gasteiger partial charge on any atom is -0.493 e. The van der Waals surface area contributed by atoms with Gasteiger partial charge in [-0.1, -0.05) is 6.08 Å². The molecule has 148 valence electrons. The molecule has 2 aromatic rings. The van der Waals surface area contributed by atoms with Crippen LogP contribution in [0.4, 0.5) is 0 Å². The van der Waals surface area contributed by atoms with Crippen molar-refractivity contribution in [3.63, 3.8) is 0 Å². The number of halogens is 1. The quantitative estimate of drug-likeness (QED) is 0.637. The molecule has 2 N–H and O–H groups in total. The zero-order chi connectivity index (χ0) is 19.1. The van der Waals surface area contributed by atoms with Gasteiger partial charge in [0.1, 0.15) is 6.04 Å². The van der Waals surface area contributed by atoms with Gasteiger partial charge in [-0.05, 0) is 31.2 Å². The minimum atomic E-state index is -0.462. The van der Waals surface area contributed by atoms with Gasteiger partial charge in [0.25, 0.3) is 0 Å². The first kappa shape index (κ1) is 22.5. The number of hydrogen-bond acceptors (Lipinski definition) is 5. The van der Waals surface area contributed by atoms with Gasteiger partial charge in [0.15, 0.2) is 11.5 Å². The molecular formula is C19H27ClN4O3. The van der Waals surface area contributed by atoms with E-state index in [0.29, 0.717) is 24.5 Å². The molecule has 2 rings (SSSR count). The van der Waals surface area contributed by atoms with Crippen molar-refractivity contribution in [1.82, 2.24) is 20.4 Å². The molecule has 1 atom stereocenters. The molecule has 27 heavy (non-hydrogen) atoms. The summed E-state index contributed by atoms with van der Waals surface area (Å²) < 4.78 is 12.5. The number of carbonyl (C=O) groups is 1. The zero-order valence-electron chi connectivity index (χ0n) is 16.1. The molecule has 1 aromatic carbocycles. The lowest BCUT2D eigenvalue weighted by Gasteiger charge is -2.17. The number of rotatable bonds is 9. The molecular weight excluding hydrogens is 368 g/mol. The van der Waals surface area contributed by atoms with Crippen LogP contribution in [0, 0.1) is 0 Å². The lowest BCUT2D eigenvalue weighted by atomic mass is 10.0. The van der Waals surface area contributed by atoms with Crippen LogP contribution < -0.4 is 20.1 Å². The molecule has 0 aliphatic carbocycles. The molecule has 0 radical (unpaired) electrons. The Morgan fingerprint density at radius 2 is 2.11 bits per heavy atom. The second-order valence-electron chi connectivity index (χ2n) is 5.87. The number of nitrogens with zero attached hydrogens (tertiary/aromatic N) is 2. The van der Waals surface area contributed by atoms with Crippen LogP contribution in [0.2, 0.25) is 0 Å². The summed E-state index contributed by atoms with van der Waals surface area (Å²) in [5.74, 6) is 1.19. The first-order chi connectivity index (χ1) is 12.5. The number of ether oxygens (including phenoxy) is 2. The molecule has 1 heterocycles. The van der Waals surface area contributed by atoms with Crippen molar-refractivity contribution in [3.8, 4) is 11.5 Å². The van der Waals surface area contributed by atoms with Gasteiger partial charge in [-0.15, -0.1) is 19.0 Å². The summed E-state index contributed by atoms with van der Waals surface area (Å²) in [4.78, 5) is 12.6. The summed E-state index contributed by atoms with van der Waals surface area (Å²) in [6, 6.07) is 3.39. The molecule has 0 fully saturated rings. The SMILES string of the molecule is C=CCc1cc(CNC(=O)C(NC)c2cnn(C)c2)cc(OC)c1OC.Cl. The topological polar surface area (TPSA) is 77.4 Å². The van der Waals surface area contributed by atoms with Gasteiger partial charge < -0.3 is 20.1 Å². The Morgan fingerprint density at radius 3 is 2.63 bits per heavy atom. The fraction of sp³-hybridized carbons (Fsp3) is 0.368. The zero-order valence-corrected chi connectivity index (χ0v) is 16.9. The summed E-state index contributed by atoms with van der Waals surface area (Å²) >= 11 is 0. The summed E-state index contributed by atoms with van der Waals surface area (Å²) in [5, 5.41) is 10.1. The molecule has 0 aliphatic heterocycles. The van der Waals surface area contributed by atoms with Gasteiger partial charge in [0.2, 0.25) is 5.91 Å². The van der Waals surface area contributed by atoms with E-state index in [0.717, 1.165) is 16.7 Å². The van der Waals surface area contributed by atoms with Crippen molar-refractivity contribution in [2.24, 2.45) is 7.05 Å². The van der Waals surface area contributed by atoms with E-state index in [1.54, 1.807) is 38.2 Å². The Kier molecular flexibility index (Phi) is 8.84. The van der Waals surface area contributed by atoms with Gasteiger partial charge in [0, 0.05) is 30.9 Å². The number of allylic oxidation sites excluding steroid dienone is 1. The first-order valence-corrected chi connectivity index (χ1v) is 8.32. The van der Waals surface area contributed by atoms with Gasteiger partial charge >= 0.3 is 0 Å². The number of likely N-dealkylation sites (N-methyl/N-ethyl adjacent to an activating group) is 1. The molecule has 7 nitrogen and oxygen atoms in total. The van der Waals surface area contributed by atoms with Crippen molar-refractivity contribution in [3.05, 3.63) is 53.9 Å². The Hall–Kier alpha value is -2.51. The highest BCUT2D eigenvalue weighted by atomic mass is 35.5. The number of aromatic nitrogens is 2. The number of aryl methyl sites for hydroxylation is 1. The fourth-order valence-electron chi connectivity index (χ4n) is 2.85. The van der Waals surface area contributed by atoms with E-state index >= 15 is 0 Å². The third-order valence-corrected chi connectivity index (χ3v) is 4.06. The molecule has 8 heteroatoms. The van der Waals surface area contributed by atoms with E-state index in [2.05, 4.69) is 22.3 Å². The van der Waals surface area contributed by atoms with Crippen LogP contribution in [-0.2, 0) is 24.8 Å². The second-order valence-corrected chi connectivity index (χ2v) is 5.87. The van der Waals surface area contributed by atoms with E-state index in [4.69, 9.17) is 9.47 Å². The predicted octanol–water partition coefficient (Wildman–Crippen LogP) is 2.16. The number of benzene rings is 1. The van der Waals surface area contributed by atoms with E-state index in [-0.39, 0.29) is 18.3 Å². The number of hydrogen-bond donors (Lipinski definition) is 2. The highest BCUT2D eigenvalue weighted by Crippen LogP contribution is 2.33. The second kappa shape index (κ2) is 10.6. The molecule has 0 bridgehead atoms. The summed E-state index contributed by atoms with van der Waals surface area (Å²) in [5.41, 5.74) is 2.70. The van der Waals surface area contributed by atoms with Crippen LogP contribution in [0.15, 0.2) is 37.2 Å². The Bertz CT molecular complexity index is 776. The predicted molar refractivity (Wildman–Crippen MR) is 108 cm³/mol. The van der Waals surface area contributed by atoms with Crippen molar-refractivity contribution in [1.29, 1.82) is 0 Å². The number of amides is 1. The normalized spacial score (nSPS) is 11.3. The van der Waals surface area contributed by atoms with Crippen molar-refractivity contribution >= 4 is 18.3 Å². The Labute approximate surface area is 166 Å². The van der Waals surface area contributed by atoms with Gasteiger partial charge in [-0.3, -0.25) is 9.48 Å². The average molecular weight is 395 g/mol. The van der Waals surface area contributed by atoms with E-state index < -0.39 is 6.04 Å². The van der Waals surface area contributed by atoms with Crippen LogP contribution in [0.1, 0.15) is 22.7 Å². The monoisotopic (exact) mass is 394 g/mol. The molecule has 1 unspecified atom stereocenters. The van der Waals surface area contributed by atoms with Gasteiger partial charge in [-0.25, -0.2) is 0 Å². The van der Waals surface area contributed by atoms with Crippen LogP contribution in [0.3, 0.4) is 0 Å². The van der Waals surface area contributed by atoms with E-state index in [9.17, 15) is 4.79 Å². The standard InChI is InChI=1S/C19H26N4O3.ClH/c1-6-7-14-8-13(9-16(25-4)18(14)26-5)10-21-19(24)17(20-2)15-11-22-23(3)12-15;/h6,8-9,11-12,17,20H,1,7,10H2,2-5H3,(H,21,24);1H. The maximum atomic E-state index is 12.6. The molecule has 0 aliphatic rings. The van der Waals surface area contributed by atoms with E-state index in [1.165, 1.54) is 0 Å². The van der Waals surface area contributed by atoms with Crippen molar-refractivity contribution in [2.45, 2.75) is 19.0 Å². The average Bonchev–Trinajstić information content (AvgIpc) is 3.06.